The van der Waals surface area contributed by atoms with Crippen LogP contribution in [0.4, 0.5) is 0 Å². The monoisotopic (exact) mass is 287 g/mol. The van der Waals surface area contributed by atoms with Gasteiger partial charge in [0.15, 0.2) is 5.82 Å². The Bertz CT molecular complexity index is 553. The molecule has 0 radical (unpaired) electrons. The molecule has 0 saturated heterocycles. The number of aromatic nitrogens is 2. The summed E-state index contributed by atoms with van der Waals surface area (Å²) in [6.45, 7) is 11.8. The van der Waals surface area contributed by atoms with E-state index in [9.17, 15) is 0 Å². The summed E-state index contributed by atoms with van der Waals surface area (Å²) in [6.07, 6.45) is 4.34. The van der Waals surface area contributed by atoms with Crippen LogP contribution in [0.5, 0.6) is 0 Å². The van der Waals surface area contributed by atoms with Gasteiger partial charge in [0, 0.05) is 17.4 Å². The summed E-state index contributed by atoms with van der Waals surface area (Å²) in [5, 5.41) is 3.48. The van der Waals surface area contributed by atoms with E-state index in [1.807, 2.05) is 6.07 Å². The van der Waals surface area contributed by atoms with Crippen molar-refractivity contribution in [3.63, 3.8) is 0 Å². The highest BCUT2D eigenvalue weighted by atomic mass is 16.3. The number of rotatable bonds is 6. The lowest BCUT2D eigenvalue weighted by Crippen LogP contribution is -2.29. The molecule has 1 atom stereocenters. The Labute approximate surface area is 127 Å². The quantitative estimate of drug-likeness (QED) is 0.883. The lowest BCUT2D eigenvalue weighted by molar-refractivity contribution is 0.473. The van der Waals surface area contributed by atoms with Crippen LogP contribution >= 0.6 is 0 Å². The molecule has 0 fully saturated rings. The molecule has 0 bridgehead atoms. The molecule has 0 saturated carbocycles. The standard InChI is InChI=1S/C17H25N3O/c1-11(2)18-9-12(3)8-16-13(4)19-17(20-14(16)5)15-6-7-21-10-15/h6-7,10-12,18H,8-9H2,1-5H3. The topological polar surface area (TPSA) is 51.0 Å². The summed E-state index contributed by atoms with van der Waals surface area (Å²) >= 11 is 0. The summed E-state index contributed by atoms with van der Waals surface area (Å²) in [7, 11) is 0. The Morgan fingerprint density at radius 1 is 1.14 bits per heavy atom. The molecule has 1 unspecified atom stereocenters. The molecule has 21 heavy (non-hydrogen) atoms. The van der Waals surface area contributed by atoms with E-state index in [0.29, 0.717) is 12.0 Å². The van der Waals surface area contributed by atoms with Gasteiger partial charge in [-0.25, -0.2) is 9.97 Å². The maximum Gasteiger partial charge on any atom is 0.162 e. The number of nitrogens with zero attached hydrogens (tertiary/aromatic N) is 2. The Morgan fingerprint density at radius 3 is 2.33 bits per heavy atom. The smallest absolute Gasteiger partial charge is 0.162 e. The Balaban J connectivity index is 2.14. The van der Waals surface area contributed by atoms with E-state index in [-0.39, 0.29) is 0 Å². The third-order valence-corrected chi connectivity index (χ3v) is 3.63. The van der Waals surface area contributed by atoms with Gasteiger partial charge in [-0.15, -0.1) is 0 Å². The lowest BCUT2D eigenvalue weighted by atomic mass is 9.98. The van der Waals surface area contributed by atoms with Crippen molar-refractivity contribution in [2.75, 3.05) is 6.54 Å². The van der Waals surface area contributed by atoms with E-state index in [1.165, 1.54) is 5.56 Å². The second-order valence-corrected chi connectivity index (χ2v) is 6.08. The SMILES string of the molecule is Cc1nc(-c2ccoc2)nc(C)c1CC(C)CNC(C)C. The highest BCUT2D eigenvalue weighted by Crippen LogP contribution is 2.21. The summed E-state index contributed by atoms with van der Waals surface area (Å²) < 4.78 is 5.11. The summed E-state index contributed by atoms with van der Waals surface area (Å²) in [5.74, 6) is 1.31. The van der Waals surface area contributed by atoms with Crippen LogP contribution in [0, 0.1) is 19.8 Å². The molecule has 114 valence electrons. The normalized spacial score (nSPS) is 12.9. The minimum absolute atomic E-state index is 0.523. The van der Waals surface area contributed by atoms with Crippen molar-refractivity contribution in [1.29, 1.82) is 0 Å². The van der Waals surface area contributed by atoms with E-state index >= 15 is 0 Å². The minimum atomic E-state index is 0.523. The lowest BCUT2D eigenvalue weighted by Gasteiger charge is -2.17. The summed E-state index contributed by atoms with van der Waals surface area (Å²) in [4.78, 5) is 9.27. The first-order valence-electron chi connectivity index (χ1n) is 7.57. The van der Waals surface area contributed by atoms with Crippen LogP contribution in [0.1, 0.15) is 37.7 Å². The maximum atomic E-state index is 5.11. The molecule has 0 aliphatic rings. The highest BCUT2D eigenvalue weighted by molar-refractivity contribution is 5.53. The van der Waals surface area contributed by atoms with E-state index in [2.05, 4.69) is 49.9 Å². The van der Waals surface area contributed by atoms with Gasteiger partial charge in [-0.1, -0.05) is 20.8 Å². The molecule has 4 nitrogen and oxygen atoms in total. The Hall–Kier alpha value is -1.68. The van der Waals surface area contributed by atoms with Crippen molar-refractivity contribution in [3.8, 4) is 11.4 Å². The summed E-state index contributed by atoms with van der Waals surface area (Å²) in [5.41, 5.74) is 4.33. The van der Waals surface area contributed by atoms with Gasteiger partial charge in [-0.3, -0.25) is 0 Å². The molecule has 2 heterocycles. The molecule has 1 N–H and O–H groups in total. The van der Waals surface area contributed by atoms with E-state index < -0.39 is 0 Å². The molecule has 0 amide bonds. The maximum absolute atomic E-state index is 5.11. The Kier molecular flexibility index (Phi) is 5.12. The molecular formula is C17H25N3O. The molecule has 0 aliphatic heterocycles. The van der Waals surface area contributed by atoms with Crippen LogP contribution in [0.15, 0.2) is 23.0 Å². The van der Waals surface area contributed by atoms with Gasteiger partial charge in [0.25, 0.3) is 0 Å². The van der Waals surface area contributed by atoms with Crippen molar-refractivity contribution in [2.24, 2.45) is 5.92 Å². The number of furan rings is 1. The largest absolute Gasteiger partial charge is 0.472 e. The van der Waals surface area contributed by atoms with Crippen molar-refractivity contribution in [1.82, 2.24) is 15.3 Å². The van der Waals surface area contributed by atoms with E-state index in [4.69, 9.17) is 4.42 Å². The fourth-order valence-corrected chi connectivity index (χ4v) is 2.41. The predicted molar refractivity (Wildman–Crippen MR) is 85.2 cm³/mol. The first-order valence-corrected chi connectivity index (χ1v) is 7.57. The van der Waals surface area contributed by atoms with Crippen molar-refractivity contribution < 1.29 is 4.42 Å². The van der Waals surface area contributed by atoms with Crippen LogP contribution in [0.2, 0.25) is 0 Å². The van der Waals surface area contributed by atoms with E-state index in [0.717, 1.165) is 35.7 Å². The second kappa shape index (κ2) is 6.85. The van der Waals surface area contributed by atoms with Gasteiger partial charge in [-0.2, -0.15) is 0 Å². The molecule has 2 aromatic rings. The zero-order chi connectivity index (χ0) is 15.4. The van der Waals surface area contributed by atoms with Gasteiger partial charge >= 0.3 is 0 Å². The van der Waals surface area contributed by atoms with Gasteiger partial charge in [0.1, 0.15) is 6.26 Å². The number of nitrogens with one attached hydrogen (secondary N) is 1. The molecule has 2 rings (SSSR count). The molecular weight excluding hydrogens is 262 g/mol. The van der Waals surface area contributed by atoms with E-state index in [1.54, 1.807) is 12.5 Å². The third kappa shape index (κ3) is 4.14. The minimum Gasteiger partial charge on any atom is -0.472 e. The van der Waals surface area contributed by atoms with Crippen LogP contribution in [0.3, 0.4) is 0 Å². The number of aryl methyl sites for hydroxylation is 2. The zero-order valence-electron chi connectivity index (χ0n) is 13.6. The summed E-state index contributed by atoms with van der Waals surface area (Å²) in [6, 6.07) is 2.41. The average molecular weight is 287 g/mol. The van der Waals surface area contributed by atoms with Crippen molar-refractivity contribution in [2.45, 2.75) is 47.1 Å². The predicted octanol–water partition coefficient (Wildman–Crippen LogP) is 3.53. The van der Waals surface area contributed by atoms with Gasteiger partial charge in [0.05, 0.1) is 11.8 Å². The van der Waals surface area contributed by atoms with Gasteiger partial charge < -0.3 is 9.73 Å². The molecule has 4 heteroatoms. The first-order chi connectivity index (χ1) is 9.97. The Morgan fingerprint density at radius 2 is 1.81 bits per heavy atom. The third-order valence-electron chi connectivity index (χ3n) is 3.63. The fraction of sp³-hybridized carbons (Fsp3) is 0.529. The van der Waals surface area contributed by atoms with Crippen LogP contribution < -0.4 is 5.32 Å². The molecule has 2 aromatic heterocycles. The second-order valence-electron chi connectivity index (χ2n) is 6.08. The van der Waals surface area contributed by atoms with Gasteiger partial charge in [0.2, 0.25) is 0 Å². The highest BCUT2D eigenvalue weighted by Gasteiger charge is 2.13. The van der Waals surface area contributed by atoms with Crippen LogP contribution in [0.25, 0.3) is 11.4 Å². The molecule has 0 aromatic carbocycles. The van der Waals surface area contributed by atoms with Crippen LogP contribution in [-0.4, -0.2) is 22.6 Å². The average Bonchev–Trinajstić information content (AvgIpc) is 2.94. The molecule has 0 aliphatic carbocycles. The first kappa shape index (κ1) is 15.7. The number of hydrogen-bond donors (Lipinski definition) is 1. The van der Waals surface area contributed by atoms with Crippen molar-refractivity contribution in [3.05, 3.63) is 35.5 Å². The van der Waals surface area contributed by atoms with Crippen LogP contribution in [-0.2, 0) is 6.42 Å². The molecule has 0 spiro atoms. The van der Waals surface area contributed by atoms with Crippen molar-refractivity contribution >= 4 is 0 Å². The van der Waals surface area contributed by atoms with Gasteiger partial charge in [-0.05, 0) is 44.4 Å². The number of hydrogen-bond acceptors (Lipinski definition) is 4. The zero-order valence-corrected chi connectivity index (χ0v) is 13.6. The fourth-order valence-electron chi connectivity index (χ4n) is 2.41.